The van der Waals surface area contributed by atoms with Crippen LogP contribution in [-0.4, -0.2) is 71.8 Å². The fourth-order valence-corrected chi connectivity index (χ4v) is 6.18. The Hall–Kier alpha value is -3.35. The highest BCUT2D eigenvalue weighted by Crippen LogP contribution is 2.41. The van der Waals surface area contributed by atoms with Crippen molar-refractivity contribution in [3.63, 3.8) is 0 Å². The molecule has 3 aliphatic rings. The lowest BCUT2D eigenvalue weighted by molar-refractivity contribution is -0.135. The standard InChI is InChI=1S/C30H38N4O3/c1-22-8-9-26(23(2)18-22)31-29(37)32-15-11-30(12-16-32)13-17-34(21-30)28(36)25-19-27(35)33(20-25)14-10-24-6-4-3-5-7-24/h3-9,18,25H,10-17,19-21H2,1-2H3,(H,31,37). The molecule has 1 spiro atoms. The fourth-order valence-electron chi connectivity index (χ4n) is 6.18. The van der Waals surface area contributed by atoms with Crippen LogP contribution in [0.1, 0.15) is 42.4 Å². The molecule has 0 saturated carbocycles. The zero-order chi connectivity index (χ0) is 26.0. The molecule has 2 aromatic carbocycles. The Morgan fingerprint density at radius 3 is 2.38 bits per heavy atom. The Labute approximate surface area is 219 Å². The Morgan fingerprint density at radius 1 is 0.973 bits per heavy atom. The molecule has 1 N–H and O–H groups in total. The first-order valence-corrected chi connectivity index (χ1v) is 13.6. The molecular weight excluding hydrogens is 464 g/mol. The van der Waals surface area contributed by atoms with E-state index in [1.54, 1.807) is 0 Å². The van der Waals surface area contributed by atoms with Gasteiger partial charge in [0.15, 0.2) is 0 Å². The third-order valence-corrected chi connectivity index (χ3v) is 8.56. The molecule has 1 unspecified atom stereocenters. The average molecular weight is 503 g/mol. The van der Waals surface area contributed by atoms with Crippen molar-refractivity contribution in [1.29, 1.82) is 0 Å². The van der Waals surface area contributed by atoms with Gasteiger partial charge in [0.05, 0.1) is 5.92 Å². The number of likely N-dealkylation sites (tertiary alicyclic amines) is 3. The van der Waals surface area contributed by atoms with Gasteiger partial charge in [0.2, 0.25) is 11.8 Å². The molecule has 0 radical (unpaired) electrons. The van der Waals surface area contributed by atoms with Crippen LogP contribution in [0.4, 0.5) is 10.5 Å². The zero-order valence-corrected chi connectivity index (χ0v) is 22.0. The minimum Gasteiger partial charge on any atom is -0.342 e. The Kier molecular flexibility index (Phi) is 7.22. The molecule has 7 nitrogen and oxygen atoms in total. The number of rotatable bonds is 5. The highest BCUT2D eigenvalue weighted by Gasteiger charge is 2.45. The van der Waals surface area contributed by atoms with E-state index >= 15 is 0 Å². The molecule has 196 valence electrons. The fraction of sp³-hybridized carbons (Fsp3) is 0.500. The Bertz CT molecular complexity index is 1160. The van der Waals surface area contributed by atoms with Crippen LogP contribution >= 0.6 is 0 Å². The molecule has 4 amide bonds. The number of hydrogen-bond acceptors (Lipinski definition) is 3. The highest BCUT2D eigenvalue weighted by molar-refractivity contribution is 5.90. The number of aryl methyl sites for hydroxylation is 2. The smallest absolute Gasteiger partial charge is 0.321 e. The molecule has 3 saturated heterocycles. The van der Waals surface area contributed by atoms with Gasteiger partial charge in [0.25, 0.3) is 0 Å². The van der Waals surface area contributed by atoms with E-state index in [0.29, 0.717) is 32.6 Å². The normalized spacial score (nSPS) is 21.1. The number of urea groups is 1. The van der Waals surface area contributed by atoms with E-state index in [0.717, 1.165) is 50.0 Å². The van der Waals surface area contributed by atoms with Crippen molar-refractivity contribution >= 4 is 23.5 Å². The van der Waals surface area contributed by atoms with Crippen LogP contribution in [0.2, 0.25) is 0 Å². The molecule has 5 rings (SSSR count). The monoisotopic (exact) mass is 502 g/mol. The predicted octanol–water partition coefficient (Wildman–Crippen LogP) is 4.24. The third kappa shape index (κ3) is 5.65. The van der Waals surface area contributed by atoms with Gasteiger partial charge in [-0.15, -0.1) is 0 Å². The number of piperidine rings is 1. The maximum absolute atomic E-state index is 13.3. The van der Waals surface area contributed by atoms with Gasteiger partial charge in [0.1, 0.15) is 0 Å². The molecule has 7 heteroatoms. The Morgan fingerprint density at radius 2 is 1.68 bits per heavy atom. The van der Waals surface area contributed by atoms with E-state index in [4.69, 9.17) is 0 Å². The van der Waals surface area contributed by atoms with Crippen molar-refractivity contribution in [2.45, 2.75) is 46.0 Å². The summed E-state index contributed by atoms with van der Waals surface area (Å²) in [5.74, 6) is -0.0178. The number of amides is 4. The number of anilines is 1. The maximum atomic E-state index is 13.3. The zero-order valence-electron chi connectivity index (χ0n) is 22.0. The summed E-state index contributed by atoms with van der Waals surface area (Å²) in [6.07, 6.45) is 3.93. The van der Waals surface area contributed by atoms with Crippen LogP contribution in [0.15, 0.2) is 48.5 Å². The van der Waals surface area contributed by atoms with Crippen LogP contribution in [0.5, 0.6) is 0 Å². The molecule has 37 heavy (non-hydrogen) atoms. The van der Waals surface area contributed by atoms with Crippen LogP contribution in [0.25, 0.3) is 0 Å². The van der Waals surface area contributed by atoms with Gasteiger partial charge in [0, 0.05) is 51.4 Å². The molecule has 0 bridgehead atoms. The highest BCUT2D eigenvalue weighted by atomic mass is 16.2. The molecule has 1 atom stereocenters. The molecule has 2 aromatic rings. The topological polar surface area (TPSA) is 73.0 Å². The minimum absolute atomic E-state index is 0.0483. The van der Waals surface area contributed by atoms with Crippen LogP contribution < -0.4 is 5.32 Å². The number of carbonyl (C=O) groups is 3. The second kappa shape index (κ2) is 10.6. The first kappa shape index (κ1) is 25.3. The van der Waals surface area contributed by atoms with Crippen molar-refractivity contribution in [3.8, 4) is 0 Å². The maximum Gasteiger partial charge on any atom is 0.321 e. The van der Waals surface area contributed by atoms with Crippen LogP contribution in [0.3, 0.4) is 0 Å². The lowest BCUT2D eigenvalue weighted by Crippen LogP contribution is -2.46. The second-order valence-corrected chi connectivity index (χ2v) is 11.2. The van der Waals surface area contributed by atoms with Crippen molar-refractivity contribution < 1.29 is 14.4 Å². The van der Waals surface area contributed by atoms with E-state index in [2.05, 4.69) is 23.5 Å². The van der Waals surface area contributed by atoms with E-state index in [9.17, 15) is 14.4 Å². The first-order chi connectivity index (χ1) is 17.8. The molecule has 3 heterocycles. The second-order valence-electron chi connectivity index (χ2n) is 11.2. The van der Waals surface area contributed by atoms with Gasteiger partial charge in [-0.05, 0) is 62.1 Å². The van der Waals surface area contributed by atoms with Crippen LogP contribution in [0, 0.1) is 25.2 Å². The quantitative estimate of drug-likeness (QED) is 0.665. The summed E-state index contributed by atoms with van der Waals surface area (Å²) in [5.41, 5.74) is 4.40. The van der Waals surface area contributed by atoms with Crippen molar-refractivity contribution in [1.82, 2.24) is 14.7 Å². The molecule has 0 aliphatic carbocycles. The SMILES string of the molecule is Cc1ccc(NC(=O)N2CCC3(CC2)CCN(C(=O)C2CC(=O)N(CCc4ccccc4)C2)C3)c(C)c1. The molecule has 3 fully saturated rings. The van der Waals surface area contributed by atoms with Gasteiger partial charge < -0.3 is 20.0 Å². The van der Waals surface area contributed by atoms with E-state index in [1.165, 1.54) is 11.1 Å². The van der Waals surface area contributed by atoms with E-state index < -0.39 is 0 Å². The number of nitrogens with zero attached hydrogens (tertiary/aromatic N) is 3. The summed E-state index contributed by atoms with van der Waals surface area (Å²) < 4.78 is 0. The van der Waals surface area contributed by atoms with Crippen molar-refractivity contribution in [2.75, 3.05) is 44.6 Å². The van der Waals surface area contributed by atoms with Crippen molar-refractivity contribution in [2.24, 2.45) is 11.3 Å². The number of nitrogens with one attached hydrogen (secondary N) is 1. The van der Waals surface area contributed by atoms with Crippen LogP contribution in [-0.2, 0) is 16.0 Å². The van der Waals surface area contributed by atoms with E-state index in [1.807, 2.05) is 58.9 Å². The molecular formula is C30H38N4O3. The lowest BCUT2D eigenvalue weighted by Gasteiger charge is -2.39. The summed E-state index contributed by atoms with van der Waals surface area (Å²) in [6, 6.07) is 16.2. The van der Waals surface area contributed by atoms with E-state index in [-0.39, 0.29) is 29.2 Å². The number of hydrogen-bond donors (Lipinski definition) is 1. The van der Waals surface area contributed by atoms with Gasteiger partial charge in [-0.2, -0.15) is 0 Å². The predicted molar refractivity (Wildman–Crippen MR) is 144 cm³/mol. The van der Waals surface area contributed by atoms with Gasteiger partial charge >= 0.3 is 6.03 Å². The molecule has 3 aliphatic heterocycles. The number of carbonyl (C=O) groups excluding carboxylic acids is 3. The van der Waals surface area contributed by atoms with Gasteiger partial charge in [-0.3, -0.25) is 9.59 Å². The van der Waals surface area contributed by atoms with Crippen molar-refractivity contribution in [3.05, 3.63) is 65.2 Å². The summed E-state index contributed by atoms with van der Waals surface area (Å²) in [4.78, 5) is 44.6. The average Bonchev–Trinajstić information content (AvgIpc) is 3.48. The lowest BCUT2D eigenvalue weighted by atomic mass is 9.78. The summed E-state index contributed by atoms with van der Waals surface area (Å²) >= 11 is 0. The largest absolute Gasteiger partial charge is 0.342 e. The van der Waals surface area contributed by atoms with Gasteiger partial charge in [-0.25, -0.2) is 4.79 Å². The Balaban J connectivity index is 1.10. The minimum atomic E-state index is -0.234. The molecule has 0 aromatic heterocycles. The first-order valence-electron chi connectivity index (χ1n) is 13.6. The summed E-state index contributed by atoms with van der Waals surface area (Å²) in [6.45, 7) is 8.15. The summed E-state index contributed by atoms with van der Waals surface area (Å²) in [7, 11) is 0. The number of benzene rings is 2. The van der Waals surface area contributed by atoms with Gasteiger partial charge in [-0.1, -0.05) is 48.0 Å². The third-order valence-electron chi connectivity index (χ3n) is 8.56. The summed E-state index contributed by atoms with van der Waals surface area (Å²) in [5, 5.41) is 3.07.